The number of aryl methyl sites for hydroxylation is 1. The largest absolute Gasteiger partial charge is 0.444 e. The third-order valence-corrected chi connectivity index (χ3v) is 3.66. The van der Waals surface area contributed by atoms with Gasteiger partial charge in [0.1, 0.15) is 5.60 Å². The number of rotatable bonds is 4. The second-order valence-electron chi connectivity index (χ2n) is 7.15. The quantitative estimate of drug-likeness (QED) is 0.852. The predicted octanol–water partition coefficient (Wildman–Crippen LogP) is 4.14. The molecule has 0 heterocycles. The van der Waals surface area contributed by atoms with E-state index in [0.717, 1.165) is 11.1 Å². The summed E-state index contributed by atoms with van der Waals surface area (Å²) in [5, 5.41) is 14.3. The molecule has 27 heavy (non-hydrogen) atoms. The normalized spacial score (nSPS) is 10.6. The van der Waals surface area contributed by atoms with Crippen LogP contribution in [0.1, 0.15) is 47.8 Å². The van der Waals surface area contributed by atoms with Gasteiger partial charge in [0.2, 0.25) is 0 Å². The molecule has 0 fully saturated rings. The molecule has 0 saturated carbocycles. The topological polar surface area (TPSA) is 91.2 Å². The molecule has 2 rings (SSSR count). The maximum Gasteiger partial charge on any atom is 0.412 e. The molecule has 0 radical (unpaired) electrons. The predicted molar refractivity (Wildman–Crippen MR) is 103 cm³/mol. The van der Waals surface area contributed by atoms with Crippen LogP contribution in [0.3, 0.4) is 0 Å². The van der Waals surface area contributed by atoms with Gasteiger partial charge in [-0.05, 0) is 69.2 Å². The van der Waals surface area contributed by atoms with Crippen molar-refractivity contribution in [3.63, 3.8) is 0 Å². The Balaban J connectivity index is 1.98. The zero-order chi connectivity index (χ0) is 20.0. The highest BCUT2D eigenvalue weighted by Crippen LogP contribution is 2.18. The summed E-state index contributed by atoms with van der Waals surface area (Å²) in [7, 11) is 0. The zero-order valence-corrected chi connectivity index (χ0v) is 15.9. The van der Waals surface area contributed by atoms with Crippen molar-refractivity contribution in [3.05, 3.63) is 64.7 Å². The van der Waals surface area contributed by atoms with Gasteiger partial charge in [-0.3, -0.25) is 10.1 Å². The van der Waals surface area contributed by atoms with E-state index >= 15 is 0 Å². The molecule has 2 N–H and O–H groups in total. The summed E-state index contributed by atoms with van der Waals surface area (Å²) >= 11 is 0. The summed E-state index contributed by atoms with van der Waals surface area (Å²) in [6.45, 7) is 7.55. The molecule has 0 unspecified atom stereocenters. The van der Waals surface area contributed by atoms with Crippen LogP contribution < -0.4 is 10.6 Å². The molecule has 6 nitrogen and oxygen atoms in total. The summed E-state index contributed by atoms with van der Waals surface area (Å²) in [5.74, 6) is -0.216. The van der Waals surface area contributed by atoms with E-state index in [9.17, 15) is 9.59 Å². The van der Waals surface area contributed by atoms with Gasteiger partial charge in [-0.15, -0.1) is 0 Å². The molecule has 2 aromatic rings. The second kappa shape index (κ2) is 8.37. The standard InChI is InChI=1S/C21H23N3O3/c1-14-11-17(9-10-18(14)24-20(26)27-21(2,3)4)19(25)23-13-16-7-5-15(12-22)6-8-16/h5-11H,13H2,1-4H3,(H,23,25)(H,24,26). The first-order valence-corrected chi connectivity index (χ1v) is 8.56. The van der Waals surface area contributed by atoms with Gasteiger partial charge < -0.3 is 10.1 Å². The number of carbonyl (C=O) groups is 2. The fourth-order valence-electron chi connectivity index (χ4n) is 2.34. The van der Waals surface area contributed by atoms with Crippen molar-refractivity contribution < 1.29 is 14.3 Å². The van der Waals surface area contributed by atoms with Gasteiger partial charge in [0.15, 0.2) is 0 Å². The van der Waals surface area contributed by atoms with Crippen molar-refractivity contribution in [2.24, 2.45) is 0 Å². The minimum absolute atomic E-state index is 0.216. The Hall–Kier alpha value is -3.33. The van der Waals surface area contributed by atoms with E-state index in [1.54, 1.807) is 63.2 Å². The average Bonchev–Trinajstić information content (AvgIpc) is 2.60. The van der Waals surface area contributed by atoms with Crippen LogP contribution in [0, 0.1) is 18.3 Å². The molecule has 0 aliphatic heterocycles. The van der Waals surface area contributed by atoms with E-state index in [-0.39, 0.29) is 5.91 Å². The van der Waals surface area contributed by atoms with Crippen LogP contribution in [-0.4, -0.2) is 17.6 Å². The number of hydrogen-bond donors (Lipinski definition) is 2. The Morgan fingerprint density at radius 3 is 2.33 bits per heavy atom. The van der Waals surface area contributed by atoms with Crippen molar-refractivity contribution in [2.75, 3.05) is 5.32 Å². The molecule has 2 aromatic carbocycles. The molecule has 0 aliphatic rings. The number of benzene rings is 2. The first-order valence-electron chi connectivity index (χ1n) is 8.56. The van der Waals surface area contributed by atoms with Crippen LogP contribution in [-0.2, 0) is 11.3 Å². The lowest BCUT2D eigenvalue weighted by Crippen LogP contribution is -2.27. The molecular formula is C21H23N3O3. The van der Waals surface area contributed by atoms with E-state index in [1.165, 1.54) is 0 Å². The number of hydrogen-bond acceptors (Lipinski definition) is 4. The lowest BCUT2D eigenvalue weighted by Gasteiger charge is -2.20. The molecule has 0 saturated heterocycles. The summed E-state index contributed by atoms with van der Waals surface area (Å²) < 4.78 is 5.23. The van der Waals surface area contributed by atoms with Gasteiger partial charge >= 0.3 is 6.09 Å². The number of amides is 2. The number of nitrogens with one attached hydrogen (secondary N) is 2. The van der Waals surface area contributed by atoms with Crippen molar-refractivity contribution in [3.8, 4) is 6.07 Å². The monoisotopic (exact) mass is 365 g/mol. The Bertz CT molecular complexity index is 875. The number of carbonyl (C=O) groups excluding carboxylic acids is 2. The molecule has 0 atom stereocenters. The van der Waals surface area contributed by atoms with Gasteiger partial charge in [-0.25, -0.2) is 4.79 Å². The van der Waals surface area contributed by atoms with Crippen LogP contribution in [0.25, 0.3) is 0 Å². The smallest absolute Gasteiger partial charge is 0.412 e. The lowest BCUT2D eigenvalue weighted by molar-refractivity contribution is 0.0635. The van der Waals surface area contributed by atoms with Crippen molar-refractivity contribution >= 4 is 17.7 Å². The molecule has 140 valence electrons. The van der Waals surface area contributed by atoms with Crippen molar-refractivity contribution in [1.29, 1.82) is 5.26 Å². The third-order valence-electron chi connectivity index (χ3n) is 3.66. The second-order valence-corrected chi connectivity index (χ2v) is 7.15. The highest BCUT2D eigenvalue weighted by Gasteiger charge is 2.17. The fourth-order valence-corrected chi connectivity index (χ4v) is 2.34. The van der Waals surface area contributed by atoms with Crippen LogP contribution in [0.4, 0.5) is 10.5 Å². The average molecular weight is 365 g/mol. The van der Waals surface area contributed by atoms with Crippen LogP contribution in [0.2, 0.25) is 0 Å². The Labute approximate surface area is 159 Å². The van der Waals surface area contributed by atoms with Gasteiger partial charge in [0.05, 0.1) is 11.6 Å². The van der Waals surface area contributed by atoms with Gasteiger partial charge in [0, 0.05) is 17.8 Å². The minimum Gasteiger partial charge on any atom is -0.444 e. The van der Waals surface area contributed by atoms with E-state index < -0.39 is 11.7 Å². The molecule has 0 aliphatic carbocycles. The van der Waals surface area contributed by atoms with Crippen LogP contribution in [0.15, 0.2) is 42.5 Å². The number of ether oxygens (including phenoxy) is 1. The van der Waals surface area contributed by atoms with Gasteiger partial charge in [0.25, 0.3) is 5.91 Å². The summed E-state index contributed by atoms with van der Waals surface area (Å²) in [6.07, 6.45) is -0.538. The summed E-state index contributed by atoms with van der Waals surface area (Å²) in [6, 6.07) is 14.1. The number of nitrogens with zero attached hydrogens (tertiary/aromatic N) is 1. The highest BCUT2D eigenvalue weighted by atomic mass is 16.6. The summed E-state index contributed by atoms with van der Waals surface area (Å²) in [5.41, 5.74) is 2.75. The number of anilines is 1. The zero-order valence-electron chi connectivity index (χ0n) is 15.9. The molecule has 2 amide bonds. The lowest BCUT2D eigenvalue weighted by atomic mass is 10.1. The van der Waals surface area contributed by atoms with E-state index in [4.69, 9.17) is 10.00 Å². The highest BCUT2D eigenvalue weighted by molar-refractivity contribution is 5.95. The molecular weight excluding hydrogens is 342 g/mol. The number of nitriles is 1. The maximum atomic E-state index is 12.3. The minimum atomic E-state index is -0.580. The fraction of sp³-hybridized carbons (Fsp3) is 0.286. The van der Waals surface area contributed by atoms with Crippen molar-refractivity contribution in [1.82, 2.24) is 5.32 Å². The molecule has 0 aromatic heterocycles. The molecule has 0 bridgehead atoms. The van der Waals surface area contributed by atoms with Gasteiger partial charge in [-0.1, -0.05) is 12.1 Å². The van der Waals surface area contributed by atoms with Crippen LogP contribution >= 0.6 is 0 Å². The Morgan fingerprint density at radius 1 is 1.11 bits per heavy atom. The van der Waals surface area contributed by atoms with Crippen LogP contribution in [0.5, 0.6) is 0 Å². The third kappa shape index (κ3) is 6.15. The SMILES string of the molecule is Cc1cc(C(=O)NCc2ccc(C#N)cc2)ccc1NC(=O)OC(C)(C)C. The van der Waals surface area contributed by atoms with E-state index in [0.29, 0.717) is 23.4 Å². The van der Waals surface area contributed by atoms with Gasteiger partial charge in [-0.2, -0.15) is 5.26 Å². The van der Waals surface area contributed by atoms with E-state index in [2.05, 4.69) is 16.7 Å². The molecule has 0 spiro atoms. The maximum absolute atomic E-state index is 12.3. The van der Waals surface area contributed by atoms with E-state index in [1.807, 2.05) is 6.92 Å². The first-order chi connectivity index (χ1) is 12.7. The summed E-state index contributed by atoms with van der Waals surface area (Å²) in [4.78, 5) is 24.2. The first kappa shape index (κ1) is 20.0. The molecule has 6 heteroatoms. The Kier molecular flexibility index (Phi) is 6.19. The Morgan fingerprint density at radius 2 is 1.78 bits per heavy atom. The van der Waals surface area contributed by atoms with Crippen molar-refractivity contribution in [2.45, 2.75) is 39.8 Å².